The van der Waals surface area contributed by atoms with Gasteiger partial charge >= 0.3 is 0 Å². The molecule has 2 fully saturated rings. The van der Waals surface area contributed by atoms with Crippen molar-refractivity contribution in [3.05, 3.63) is 34.4 Å². The largest absolute Gasteiger partial charge is 0.279 e. The predicted octanol–water partition coefficient (Wildman–Crippen LogP) is 8.59. The van der Waals surface area contributed by atoms with E-state index in [9.17, 15) is 8.78 Å². The maximum Gasteiger partial charge on any atom is 0.279 e. The molecule has 0 aliphatic heterocycles. The number of rotatable bonds is 4. The molecule has 0 heterocycles. The van der Waals surface area contributed by atoms with Gasteiger partial charge in [0.05, 0.1) is 5.56 Å². The summed E-state index contributed by atoms with van der Waals surface area (Å²) < 4.78 is 59.3. The molecule has 1 aromatic carbocycles. The SMILES string of the molecule is CC.CCCc1cc2c(c(F)c1F)C(F)(F)C(C1CCC(C3CCCCC3)CC1)C2. The lowest BCUT2D eigenvalue weighted by Crippen LogP contribution is -2.33. The topological polar surface area (TPSA) is 0 Å². The normalized spacial score (nSPS) is 28.6. The molecule has 3 aliphatic carbocycles. The molecular weight excluding hydrogens is 388 g/mol. The van der Waals surface area contributed by atoms with Crippen LogP contribution in [0.2, 0.25) is 0 Å². The number of benzene rings is 1. The molecule has 170 valence electrons. The number of aryl methyl sites for hydroxylation is 1. The molecule has 30 heavy (non-hydrogen) atoms. The quantitative estimate of drug-likeness (QED) is 0.423. The third-order valence-corrected chi connectivity index (χ3v) is 7.82. The van der Waals surface area contributed by atoms with Gasteiger partial charge in [-0.25, -0.2) is 17.6 Å². The maximum absolute atomic E-state index is 15.2. The minimum Gasteiger partial charge on any atom is -0.203 e. The summed E-state index contributed by atoms with van der Waals surface area (Å²) in [4.78, 5) is 0. The van der Waals surface area contributed by atoms with E-state index in [1.807, 2.05) is 20.8 Å². The van der Waals surface area contributed by atoms with E-state index >= 15 is 8.78 Å². The van der Waals surface area contributed by atoms with E-state index in [1.54, 1.807) is 0 Å². The van der Waals surface area contributed by atoms with Crippen molar-refractivity contribution in [3.63, 3.8) is 0 Å². The summed E-state index contributed by atoms with van der Waals surface area (Å²) in [7, 11) is 0. The van der Waals surface area contributed by atoms with Crippen molar-refractivity contribution in [1.29, 1.82) is 0 Å². The molecule has 0 N–H and O–H groups in total. The standard InChI is InChI=1S/C24H32F4.C2H6/c1-2-6-18-13-19-14-20(24(27,28)21(19)23(26)22(18)25)17-11-9-16(10-12-17)15-7-4-3-5-8-15;1-2/h13,15-17,20H,2-12,14H2,1H3;1-2H3. The molecule has 4 rings (SSSR count). The molecule has 1 atom stereocenters. The van der Waals surface area contributed by atoms with Crippen molar-refractivity contribution in [3.8, 4) is 0 Å². The second-order valence-electron chi connectivity index (χ2n) is 9.45. The smallest absolute Gasteiger partial charge is 0.203 e. The lowest BCUT2D eigenvalue weighted by atomic mass is 9.68. The van der Waals surface area contributed by atoms with Crippen molar-refractivity contribution in [2.45, 2.75) is 104 Å². The molecule has 2 saturated carbocycles. The lowest BCUT2D eigenvalue weighted by Gasteiger charge is -2.39. The second kappa shape index (κ2) is 10.0. The maximum atomic E-state index is 15.2. The third-order valence-electron chi connectivity index (χ3n) is 7.82. The average molecular weight is 427 g/mol. The van der Waals surface area contributed by atoms with E-state index < -0.39 is 29.0 Å². The van der Waals surface area contributed by atoms with Gasteiger partial charge < -0.3 is 0 Å². The second-order valence-corrected chi connectivity index (χ2v) is 9.45. The number of fused-ring (bicyclic) bond motifs is 1. The molecule has 0 saturated heterocycles. The van der Waals surface area contributed by atoms with E-state index in [0.717, 1.165) is 31.6 Å². The molecule has 4 heteroatoms. The summed E-state index contributed by atoms with van der Waals surface area (Å²) >= 11 is 0. The highest BCUT2D eigenvalue weighted by Crippen LogP contribution is 2.54. The van der Waals surface area contributed by atoms with Gasteiger partial charge in [-0.3, -0.25) is 0 Å². The van der Waals surface area contributed by atoms with E-state index in [0.29, 0.717) is 24.3 Å². The monoisotopic (exact) mass is 426 g/mol. The van der Waals surface area contributed by atoms with Crippen molar-refractivity contribution in [2.75, 3.05) is 0 Å². The Labute approximate surface area is 179 Å². The van der Waals surface area contributed by atoms with Crippen molar-refractivity contribution in [1.82, 2.24) is 0 Å². The Hall–Kier alpha value is -1.06. The molecule has 0 nitrogen and oxygen atoms in total. The first-order valence-electron chi connectivity index (χ1n) is 12.3. The van der Waals surface area contributed by atoms with Crippen LogP contribution in [0.25, 0.3) is 0 Å². The van der Waals surface area contributed by atoms with Crippen LogP contribution in [-0.2, 0) is 18.8 Å². The Kier molecular flexibility index (Phi) is 7.90. The van der Waals surface area contributed by atoms with Crippen molar-refractivity contribution < 1.29 is 17.6 Å². The van der Waals surface area contributed by atoms with Crippen LogP contribution >= 0.6 is 0 Å². The Morgan fingerprint density at radius 3 is 2.00 bits per heavy atom. The van der Waals surface area contributed by atoms with Crippen LogP contribution in [0.1, 0.15) is 102 Å². The summed E-state index contributed by atoms with van der Waals surface area (Å²) in [6.07, 6.45) is 11.5. The van der Waals surface area contributed by atoms with E-state index in [1.165, 1.54) is 38.2 Å². The van der Waals surface area contributed by atoms with Gasteiger partial charge in [-0.2, -0.15) is 0 Å². The van der Waals surface area contributed by atoms with Gasteiger partial charge in [0.1, 0.15) is 0 Å². The van der Waals surface area contributed by atoms with Crippen molar-refractivity contribution in [2.24, 2.45) is 23.7 Å². The van der Waals surface area contributed by atoms with Crippen LogP contribution in [0.5, 0.6) is 0 Å². The van der Waals surface area contributed by atoms with Crippen LogP contribution in [-0.4, -0.2) is 0 Å². The first-order chi connectivity index (χ1) is 14.4. The van der Waals surface area contributed by atoms with Gasteiger partial charge in [-0.1, -0.05) is 65.4 Å². The first-order valence-corrected chi connectivity index (χ1v) is 12.3. The molecule has 3 aliphatic rings. The van der Waals surface area contributed by atoms with Crippen LogP contribution in [0, 0.1) is 35.3 Å². The first kappa shape index (κ1) is 23.6. The fraction of sp³-hybridized carbons (Fsp3) is 0.769. The Morgan fingerprint density at radius 1 is 0.833 bits per heavy atom. The number of alkyl halides is 2. The Balaban J connectivity index is 0.00000124. The van der Waals surface area contributed by atoms with Gasteiger partial charge in [0.25, 0.3) is 5.92 Å². The zero-order valence-electron chi connectivity index (χ0n) is 18.9. The number of hydrogen-bond donors (Lipinski definition) is 0. The molecule has 0 amide bonds. The molecular formula is C26H38F4. The highest BCUT2D eigenvalue weighted by molar-refractivity contribution is 5.42. The third kappa shape index (κ3) is 4.43. The molecule has 1 aromatic rings. The summed E-state index contributed by atoms with van der Waals surface area (Å²) in [5, 5.41) is 0. The fourth-order valence-corrected chi connectivity index (χ4v) is 6.35. The van der Waals surface area contributed by atoms with Crippen LogP contribution in [0.4, 0.5) is 17.6 Å². The fourth-order valence-electron chi connectivity index (χ4n) is 6.35. The Morgan fingerprint density at radius 2 is 1.40 bits per heavy atom. The summed E-state index contributed by atoms with van der Waals surface area (Å²) in [6.45, 7) is 5.88. The summed E-state index contributed by atoms with van der Waals surface area (Å²) in [6, 6.07) is 1.51. The highest BCUT2D eigenvalue weighted by atomic mass is 19.3. The van der Waals surface area contributed by atoms with Crippen LogP contribution in [0.3, 0.4) is 0 Å². The summed E-state index contributed by atoms with van der Waals surface area (Å²) in [5.41, 5.74) is -0.0628. The minimum absolute atomic E-state index is 0.0840. The van der Waals surface area contributed by atoms with Gasteiger partial charge in [-0.05, 0) is 67.4 Å². The van der Waals surface area contributed by atoms with Gasteiger partial charge in [-0.15, -0.1) is 0 Å². The van der Waals surface area contributed by atoms with E-state index in [2.05, 4.69) is 0 Å². The van der Waals surface area contributed by atoms with Crippen LogP contribution in [0.15, 0.2) is 6.07 Å². The van der Waals surface area contributed by atoms with Gasteiger partial charge in [0.15, 0.2) is 11.6 Å². The van der Waals surface area contributed by atoms with E-state index in [-0.39, 0.29) is 17.9 Å². The van der Waals surface area contributed by atoms with Crippen molar-refractivity contribution >= 4 is 0 Å². The van der Waals surface area contributed by atoms with Gasteiger partial charge in [0, 0.05) is 5.92 Å². The predicted molar refractivity (Wildman–Crippen MR) is 115 cm³/mol. The van der Waals surface area contributed by atoms with Gasteiger partial charge in [0.2, 0.25) is 0 Å². The Bertz CT molecular complexity index is 697. The molecule has 1 unspecified atom stereocenters. The molecule has 0 bridgehead atoms. The summed E-state index contributed by atoms with van der Waals surface area (Å²) in [5.74, 6) is -5.13. The highest BCUT2D eigenvalue weighted by Gasteiger charge is 2.54. The zero-order chi connectivity index (χ0) is 21.9. The van der Waals surface area contributed by atoms with E-state index in [4.69, 9.17) is 0 Å². The number of hydrogen-bond acceptors (Lipinski definition) is 0. The minimum atomic E-state index is -3.26. The molecule has 0 radical (unpaired) electrons. The molecule has 0 aromatic heterocycles. The molecule has 0 spiro atoms. The lowest BCUT2D eigenvalue weighted by molar-refractivity contribution is -0.0855. The number of halogens is 4. The van der Waals surface area contributed by atoms with Crippen LogP contribution < -0.4 is 0 Å². The zero-order valence-corrected chi connectivity index (χ0v) is 18.9. The average Bonchev–Trinajstić information content (AvgIpc) is 3.04.